The number of amides is 1. The maximum atomic E-state index is 12.7. The first-order valence-corrected chi connectivity index (χ1v) is 13.4. The van der Waals surface area contributed by atoms with E-state index in [2.05, 4.69) is 5.10 Å². The highest BCUT2D eigenvalue weighted by Crippen LogP contribution is 2.43. The summed E-state index contributed by atoms with van der Waals surface area (Å²) < 4.78 is 1.46. The molecule has 4 rings (SSSR count). The van der Waals surface area contributed by atoms with Crippen LogP contribution in [0.15, 0.2) is 86.0 Å². The maximum absolute atomic E-state index is 12.7. The molecular weight excluding hydrogens is 512 g/mol. The number of rotatable bonds is 8. The second-order valence-electron chi connectivity index (χ2n) is 7.03. The number of aromatic amines is 1. The second kappa shape index (κ2) is 11.0. The Balaban J connectivity index is 1.66. The highest BCUT2D eigenvalue weighted by atomic mass is 35.5. The number of hydrazine groups is 1. The number of aromatic nitrogens is 2. The monoisotopic (exact) mass is 530 g/mol. The minimum Gasteiger partial charge on any atom is -0.493 e. The molecule has 0 spiro atoms. The van der Waals surface area contributed by atoms with Crippen molar-refractivity contribution in [1.82, 2.24) is 15.2 Å². The van der Waals surface area contributed by atoms with E-state index in [-0.39, 0.29) is 10.8 Å². The van der Waals surface area contributed by atoms with Crippen LogP contribution in [0.2, 0.25) is 5.02 Å². The Kier molecular flexibility index (Phi) is 7.86. The highest BCUT2D eigenvalue weighted by molar-refractivity contribution is 8.76. The van der Waals surface area contributed by atoms with Crippen LogP contribution in [0.5, 0.6) is 5.88 Å². The third-order valence-corrected chi connectivity index (χ3v) is 8.43. The summed E-state index contributed by atoms with van der Waals surface area (Å²) in [4.78, 5) is 25.1. The van der Waals surface area contributed by atoms with E-state index in [1.165, 1.54) is 32.9 Å². The second-order valence-corrected chi connectivity index (χ2v) is 10.4. The van der Waals surface area contributed by atoms with Crippen molar-refractivity contribution >= 4 is 56.5 Å². The predicted octanol–water partition coefficient (Wildman–Crippen LogP) is 5.04. The van der Waals surface area contributed by atoms with Gasteiger partial charge in [0.25, 0.3) is 11.5 Å². The van der Waals surface area contributed by atoms with Gasteiger partial charge in [-0.3, -0.25) is 20.1 Å². The summed E-state index contributed by atoms with van der Waals surface area (Å²) in [5.74, 6) is 4.53. The normalized spacial score (nSPS) is 12.2. The summed E-state index contributed by atoms with van der Waals surface area (Å²) in [6.45, 7) is 0. The summed E-state index contributed by atoms with van der Waals surface area (Å²) in [5, 5.41) is 18.3. The van der Waals surface area contributed by atoms with Gasteiger partial charge in [-0.2, -0.15) is 11.3 Å². The number of nitrogens with two attached hydrogens (primary N) is 1. The molecule has 0 aliphatic heterocycles. The molecule has 0 saturated carbocycles. The van der Waals surface area contributed by atoms with E-state index < -0.39 is 17.5 Å². The standard InChI is InChI=1S/C23H19ClN4O3S3/c24-17-3-1-2-4-18(17)33-34-21-22(30)27-28(23(21)31)20(16-11-12-32-13-16)15-8-5-14(6-9-15)7-10-19(29)26-25/h1-13,20,31H,25H2,(H,26,29)(H,27,30)/b10-7+. The van der Waals surface area contributed by atoms with Crippen molar-refractivity contribution in [3.63, 3.8) is 0 Å². The number of aromatic hydroxyl groups is 1. The van der Waals surface area contributed by atoms with Gasteiger partial charge < -0.3 is 5.11 Å². The van der Waals surface area contributed by atoms with Gasteiger partial charge in [0.15, 0.2) is 0 Å². The largest absolute Gasteiger partial charge is 0.493 e. The van der Waals surface area contributed by atoms with Crippen LogP contribution in [0.3, 0.4) is 0 Å². The molecule has 0 bridgehead atoms. The van der Waals surface area contributed by atoms with Gasteiger partial charge in [-0.15, -0.1) is 0 Å². The summed E-state index contributed by atoms with van der Waals surface area (Å²) in [7, 11) is 2.45. The third-order valence-electron chi connectivity index (χ3n) is 4.85. The van der Waals surface area contributed by atoms with Gasteiger partial charge in [-0.1, -0.05) is 58.8 Å². The first kappa shape index (κ1) is 24.2. The van der Waals surface area contributed by atoms with Gasteiger partial charge in [0.1, 0.15) is 10.9 Å². The lowest BCUT2D eigenvalue weighted by Crippen LogP contribution is -2.27. The SMILES string of the molecule is NNC(=O)/C=C/c1ccc(C(c2ccsc2)n2[nH]c(=O)c(SSc3ccccc3Cl)c2O)cc1. The number of H-pyrrole nitrogens is 1. The molecule has 2 aromatic heterocycles. The van der Waals surface area contributed by atoms with Crippen molar-refractivity contribution in [2.45, 2.75) is 15.8 Å². The smallest absolute Gasteiger partial charge is 0.282 e. The van der Waals surface area contributed by atoms with Crippen molar-refractivity contribution in [2.75, 3.05) is 0 Å². The van der Waals surface area contributed by atoms with E-state index in [1.54, 1.807) is 12.1 Å². The fourth-order valence-electron chi connectivity index (χ4n) is 3.22. The number of hydrogen-bond donors (Lipinski definition) is 4. The van der Waals surface area contributed by atoms with Gasteiger partial charge in [0, 0.05) is 11.0 Å². The van der Waals surface area contributed by atoms with E-state index in [4.69, 9.17) is 17.4 Å². The Morgan fingerprint density at radius 3 is 2.59 bits per heavy atom. The Morgan fingerprint density at radius 2 is 1.91 bits per heavy atom. The molecule has 1 amide bonds. The lowest BCUT2D eigenvalue weighted by Gasteiger charge is -2.19. The Morgan fingerprint density at radius 1 is 1.15 bits per heavy atom. The summed E-state index contributed by atoms with van der Waals surface area (Å²) in [6.07, 6.45) is 2.97. The van der Waals surface area contributed by atoms with E-state index in [9.17, 15) is 14.7 Å². The Hall–Kier alpha value is -2.89. The Bertz CT molecular complexity index is 1370. The van der Waals surface area contributed by atoms with Gasteiger partial charge >= 0.3 is 0 Å². The first-order valence-electron chi connectivity index (χ1n) is 9.91. The van der Waals surface area contributed by atoms with Crippen LogP contribution in [0.4, 0.5) is 0 Å². The lowest BCUT2D eigenvalue weighted by molar-refractivity contribution is -0.116. The van der Waals surface area contributed by atoms with Crippen molar-refractivity contribution in [1.29, 1.82) is 0 Å². The molecule has 0 fully saturated rings. The molecular formula is C23H19ClN4O3S3. The molecule has 174 valence electrons. The highest BCUT2D eigenvalue weighted by Gasteiger charge is 2.25. The third kappa shape index (κ3) is 5.43. The number of benzene rings is 2. The van der Waals surface area contributed by atoms with E-state index in [0.717, 1.165) is 32.4 Å². The number of nitrogens with zero attached hydrogens (tertiary/aromatic N) is 1. The van der Waals surface area contributed by atoms with Crippen LogP contribution in [0.1, 0.15) is 22.7 Å². The zero-order valence-corrected chi connectivity index (χ0v) is 20.7. The summed E-state index contributed by atoms with van der Waals surface area (Å²) in [5.41, 5.74) is 4.20. The predicted molar refractivity (Wildman–Crippen MR) is 139 cm³/mol. The number of halogens is 1. The lowest BCUT2D eigenvalue weighted by atomic mass is 10.00. The van der Waals surface area contributed by atoms with E-state index >= 15 is 0 Å². The summed E-state index contributed by atoms with van der Waals surface area (Å²) in [6, 6.07) is 16.2. The quantitative estimate of drug-likeness (QED) is 0.0834. The molecule has 2 heterocycles. The molecule has 11 heteroatoms. The molecule has 1 atom stereocenters. The minimum absolute atomic E-state index is 0.158. The fourth-order valence-corrected chi connectivity index (χ4v) is 6.44. The zero-order chi connectivity index (χ0) is 24.1. The average molecular weight is 531 g/mol. The van der Waals surface area contributed by atoms with Crippen LogP contribution >= 0.6 is 44.5 Å². The Labute approximate surface area is 212 Å². The van der Waals surface area contributed by atoms with E-state index in [0.29, 0.717) is 5.02 Å². The fraction of sp³-hybridized carbons (Fsp3) is 0.0435. The van der Waals surface area contributed by atoms with Crippen molar-refractivity contribution in [3.05, 3.63) is 104 Å². The zero-order valence-electron chi connectivity index (χ0n) is 17.5. The minimum atomic E-state index is -0.455. The first-order chi connectivity index (χ1) is 16.5. The average Bonchev–Trinajstić information content (AvgIpc) is 3.47. The molecule has 1 unspecified atom stereocenters. The number of carbonyl (C=O) groups is 1. The van der Waals surface area contributed by atoms with Crippen LogP contribution in [0.25, 0.3) is 6.08 Å². The van der Waals surface area contributed by atoms with Gasteiger partial charge in [0.2, 0.25) is 5.88 Å². The van der Waals surface area contributed by atoms with Gasteiger partial charge in [0.05, 0.1) is 5.02 Å². The molecule has 2 aromatic carbocycles. The van der Waals surface area contributed by atoms with Gasteiger partial charge in [-0.05, 0) is 62.5 Å². The maximum Gasteiger partial charge on any atom is 0.282 e. The number of carbonyl (C=O) groups excluding carboxylic acids is 1. The van der Waals surface area contributed by atoms with Crippen LogP contribution < -0.4 is 16.8 Å². The number of nitrogens with one attached hydrogen (secondary N) is 2. The molecule has 0 saturated heterocycles. The molecule has 4 aromatic rings. The van der Waals surface area contributed by atoms with Crippen molar-refractivity contribution < 1.29 is 9.90 Å². The van der Waals surface area contributed by atoms with Crippen molar-refractivity contribution in [3.8, 4) is 5.88 Å². The molecule has 5 N–H and O–H groups in total. The molecule has 7 nitrogen and oxygen atoms in total. The number of hydrogen-bond acceptors (Lipinski definition) is 7. The molecule has 0 aliphatic rings. The summed E-state index contributed by atoms with van der Waals surface area (Å²) >= 11 is 7.74. The molecule has 34 heavy (non-hydrogen) atoms. The molecule has 0 radical (unpaired) electrons. The van der Waals surface area contributed by atoms with Crippen LogP contribution in [-0.2, 0) is 4.79 Å². The van der Waals surface area contributed by atoms with Crippen molar-refractivity contribution in [2.24, 2.45) is 5.84 Å². The van der Waals surface area contributed by atoms with E-state index in [1.807, 2.05) is 64.7 Å². The number of thiophene rings is 1. The topological polar surface area (TPSA) is 113 Å². The van der Waals surface area contributed by atoms with Crippen LogP contribution in [0, 0.1) is 0 Å². The van der Waals surface area contributed by atoms with Crippen LogP contribution in [-0.4, -0.2) is 20.8 Å². The molecule has 0 aliphatic carbocycles. The van der Waals surface area contributed by atoms with Gasteiger partial charge in [-0.25, -0.2) is 10.5 Å².